The van der Waals surface area contributed by atoms with Crippen LogP contribution in [0.2, 0.25) is 0 Å². The van der Waals surface area contributed by atoms with Crippen LogP contribution >= 0.6 is 7.82 Å². The maximum Gasteiger partial charge on any atom is 0.469 e. The van der Waals surface area contributed by atoms with Gasteiger partial charge < -0.3 is 24.4 Å². The Kier molecular flexibility index (Phi) is 30.3. The third-order valence-corrected chi connectivity index (χ3v) is 8.19. The van der Waals surface area contributed by atoms with E-state index >= 15 is 0 Å². The fourth-order valence-corrected chi connectivity index (χ4v) is 5.34. The third-order valence-electron chi connectivity index (χ3n) is 7.71. The smallest absolute Gasteiger partial charge is 0.462 e. The summed E-state index contributed by atoms with van der Waals surface area (Å²) in [6, 6.07) is 0. The molecule has 0 heterocycles. The molecule has 0 spiro atoms. The Bertz CT molecular complexity index is 894. The summed E-state index contributed by atoms with van der Waals surface area (Å²) in [5.74, 6) is -0.169. The van der Waals surface area contributed by atoms with Gasteiger partial charge in [0, 0.05) is 12.8 Å². The molecule has 47 heavy (non-hydrogen) atoms. The minimum Gasteiger partial charge on any atom is -0.462 e. The molecule has 9 nitrogen and oxygen atoms in total. The number of aliphatic hydroxyl groups is 1. The van der Waals surface area contributed by atoms with E-state index in [1.807, 2.05) is 18.2 Å². The zero-order valence-electron chi connectivity index (χ0n) is 29.7. The SMILES string of the molecule is CC/C=C/C/C=C/C=C/C(O)CCCCCCCC(=O)O[C@H](COC(=O)CCCCCCCCCCCCC(C)C)COP(=O)(O)O. The summed E-state index contributed by atoms with van der Waals surface area (Å²) in [5.41, 5.74) is 0. The zero-order valence-corrected chi connectivity index (χ0v) is 30.6. The number of phosphoric ester groups is 1. The molecule has 0 aliphatic rings. The largest absolute Gasteiger partial charge is 0.469 e. The van der Waals surface area contributed by atoms with Gasteiger partial charge in [-0.05, 0) is 38.0 Å². The summed E-state index contributed by atoms with van der Waals surface area (Å²) < 4.78 is 26.2. The molecule has 10 heteroatoms. The molecule has 0 saturated carbocycles. The number of ether oxygens (including phenoxy) is 2. The van der Waals surface area contributed by atoms with Crippen LogP contribution < -0.4 is 0 Å². The molecule has 1 unspecified atom stereocenters. The van der Waals surface area contributed by atoms with Crippen molar-refractivity contribution in [1.29, 1.82) is 0 Å². The minimum absolute atomic E-state index is 0.142. The summed E-state index contributed by atoms with van der Waals surface area (Å²) in [7, 11) is -4.77. The number of rotatable bonds is 32. The van der Waals surface area contributed by atoms with E-state index in [1.54, 1.807) is 6.08 Å². The molecule has 0 bridgehead atoms. The second-order valence-electron chi connectivity index (χ2n) is 12.9. The number of hydrogen-bond acceptors (Lipinski definition) is 7. The lowest BCUT2D eigenvalue weighted by Gasteiger charge is -2.18. The lowest BCUT2D eigenvalue weighted by Crippen LogP contribution is -2.29. The molecule has 0 aliphatic carbocycles. The molecule has 2 atom stereocenters. The maximum atomic E-state index is 12.3. The van der Waals surface area contributed by atoms with Crippen LogP contribution in [0.3, 0.4) is 0 Å². The van der Waals surface area contributed by atoms with Crippen LogP contribution in [-0.4, -0.2) is 52.3 Å². The summed E-state index contributed by atoms with van der Waals surface area (Å²) in [5, 5.41) is 10.1. The van der Waals surface area contributed by atoms with E-state index in [1.165, 1.54) is 44.9 Å². The van der Waals surface area contributed by atoms with Crippen molar-refractivity contribution in [3.05, 3.63) is 36.5 Å². The van der Waals surface area contributed by atoms with E-state index in [9.17, 15) is 19.3 Å². The fourth-order valence-electron chi connectivity index (χ4n) is 4.98. The van der Waals surface area contributed by atoms with Crippen LogP contribution in [0, 0.1) is 5.92 Å². The van der Waals surface area contributed by atoms with Crippen LogP contribution in [-0.2, 0) is 28.2 Å². The Balaban J connectivity index is 4.08. The van der Waals surface area contributed by atoms with Gasteiger partial charge in [0.1, 0.15) is 6.61 Å². The standard InChI is InChI=1S/C37H67O9P/c1-4-5-6-7-12-17-22-27-34(38)28-23-18-15-20-25-30-37(40)46-35(32-45-47(41,42)43)31-44-36(39)29-24-19-14-11-9-8-10-13-16-21-26-33(2)3/h5-6,12,17,22,27,33-35,38H,4,7-11,13-16,18-21,23-26,28-32H2,1-3H3,(H2,41,42,43)/b6-5+,17-12+,27-22+/t34?,35-/m1/s1. The molecule has 0 rings (SSSR count). The number of unbranched alkanes of at least 4 members (excludes halogenated alkanes) is 13. The average molecular weight is 687 g/mol. The Labute approximate surface area is 285 Å². The number of carbonyl (C=O) groups excluding carboxylic acids is 2. The fraction of sp³-hybridized carbons (Fsp3) is 0.784. The Hall–Kier alpha value is -1.77. The first-order valence-electron chi connectivity index (χ1n) is 18.2. The van der Waals surface area contributed by atoms with E-state index < -0.39 is 38.6 Å². The molecule has 0 aliphatic heterocycles. The molecular formula is C37H67O9P. The molecule has 0 amide bonds. The van der Waals surface area contributed by atoms with Gasteiger partial charge in [0.05, 0.1) is 12.7 Å². The number of esters is 2. The number of aliphatic hydroxyl groups excluding tert-OH is 1. The van der Waals surface area contributed by atoms with Crippen LogP contribution in [0.5, 0.6) is 0 Å². The Morgan fingerprint density at radius 2 is 1.21 bits per heavy atom. The number of phosphoric acid groups is 1. The van der Waals surface area contributed by atoms with Crippen LogP contribution in [0.15, 0.2) is 36.5 Å². The Morgan fingerprint density at radius 3 is 1.77 bits per heavy atom. The van der Waals surface area contributed by atoms with Gasteiger partial charge in [0.15, 0.2) is 6.10 Å². The highest BCUT2D eigenvalue weighted by Gasteiger charge is 2.22. The molecular weight excluding hydrogens is 619 g/mol. The Morgan fingerprint density at radius 1 is 0.681 bits per heavy atom. The van der Waals surface area contributed by atoms with Crippen molar-refractivity contribution in [2.24, 2.45) is 5.92 Å². The second kappa shape index (κ2) is 31.5. The first-order valence-corrected chi connectivity index (χ1v) is 19.8. The number of allylic oxidation sites excluding steroid dienone is 5. The van der Waals surface area contributed by atoms with E-state index in [0.29, 0.717) is 19.3 Å². The van der Waals surface area contributed by atoms with Crippen molar-refractivity contribution in [3.8, 4) is 0 Å². The molecule has 0 aromatic carbocycles. The summed E-state index contributed by atoms with van der Waals surface area (Å²) in [6.45, 7) is 5.76. The van der Waals surface area contributed by atoms with Crippen molar-refractivity contribution in [3.63, 3.8) is 0 Å². The molecule has 0 fully saturated rings. The third kappa shape index (κ3) is 35.4. The molecule has 0 aromatic rings. The van der Waals surface area contributed by atoms with Gasteiger partial charge in [-0.2, -0.15) is 0 Å². The van der Waals surface area contributed by atoms with Gasteiger partial charge in [-0.1, -0.05) is 147 Å². The summed E-state index contributed by atoms with van der Waals surface area (Å²) >= 11 is 0. The van der Waals surface area contributed by atoms with Crippen LogP contribution in [0.1, 0.15) is 156 Å². The summed E-state index contributed by atoms with van der Waals surface area (Å²) in [4.78, 5) is 42.7. The highest BCUT2D eigenvalue weighted by atomic mass is 31.2. The van der Waals surface area contributed by atoms with E-state index in [-0.39, 0.29) is 19.4 Å². The summed E-state index contributed by atoms with van der Waals surface area (Å²) in [6.07, 6.45) is 30.4. The van der Waals surface area contributed by atoms with Gasteiger partial charge in [0.25, 0.3) is 0 Å². The van der Waals surface area contributed by atoms with Gasteiger partial charge in [-0.3, -0.25) is 14.1 Å². The lowest BCUT2D eigenvalue weighted by atomic mass is 10.0. The van der Waals surface area contributed by atoms with Gasteiger partial charge in [0.2, 0.25) is 0 Å². The first kappa shape index (κ1) is 45.2. The first-order chi connectivity index (χ1) is 22.5. The van der Waals surface area contributed by atoms with E-state index in [0.717, 1.165) is 63.7 Å². The van der Waals surface area contributed by atoms with Crippen molar-refractivity contribution in [1.82, 2.24) is 0 Å². The van der Waals surface area contributed by atoms with Crippen molar-refractivity contribution in [2.75, 3.05) is 13.2 Å². The van der Waals surface area contributed by atoms with E-state index in [2.05, 4.69) is 37.4 Å². The van der Waals surface area contributed by atoms with Crippen molar-refractivity contribution in [2.45, 2.75) is 168 Å². The average Bonchev–Trinajstić information content (AvgIpc) is 3.01. The molecule has 0 aromatic heterocycles. The molecule has 0 saturated heterocycles. The lowest BCUT2D eigenvalue weighted by molar-refractivity contribution is -0.161. The van der Waals surface area contributed by atoms with Gasteiger partial charge >= 0.3 is 19.8 Å². The zero-order chi connectivity index (χ0) is 35.0. The normalized spacial score (nSPS) is 13.7. The molecule has 3 N–H and O–H groups in total. The minimum atomic E-state index is -4.77. The number of carbonyl (C=O) groups is 2. The predicted molar refractivity (Wildman–Crippen MR) is 190 cm³/mol. The van der Waals surface area contributed by atoms with Gasteiger partial charge in [-0.15, -0.1) is 0 Å². The monoisotopic (exact) mass is 686 g/mol. The maximum absolute atomic E-state index is 12.3. The van der Waals surface area contributed by atoms with Crippen molar-refractivity contribution < 1.29 is 43.0 Å². The second-order valence-corrected chi connectivity index (χ2v) is 14.1. The van der Waals surface area contributed by atoms with Crippen molar-refractivity contribution >= 4 is 19.8 Å². The topological polar surface area (TPSA) is 140 Å². The van der Waals surface area contributed by atoms with Gasteiger partial charge in [-0.25, -0.2) is 4.57 Å². The predicted octanol–water partition coefficient (Wildman–Crippen LogP) is 9.45. The molecule has 0 radical (unpaired) electrons. The molecule has 274 valence electrons. The quantitative estimate of drug-likeness (QED) is 0.0208. The van der Waals surface area contributed by atoms with Crippen LogP contribution in [0.4, 0.5) is 0 Å². The highest BCUT2D eigenvalue weighted by molar-refractivity contribution is 7.46. The van der Waals surface area contributed by atoms with Crippen LogP contribution in [0.25, 0.3) is 0 Å². The highest BCUT2D eigenvalue weighted by Crippen LogP contribution is 2.36. The number of hydrogen-bond donors (Lipinski definition) is 3. The van der Waals surface area contributed by atoms with E-state index in [4.69, 9.17) is 19.3 Å².